The van der Waals surface area contributed by atoms with Crippen molar-refractivity contribution in [3.05, 3.63) is 59.8 Å². The summed E-state index contributed by atoms with van der Waals surface area (Å²) in [5.74, 6) is 1.35. The molecule has 0 bridgehead atoms. The van der Waals surface area contributed by atoms with Gasteiger partial charge in [-0.25, -0.2) is 4.98 Å². The summed E-state index contributed by atoms with van der Waals surface area (Å²) in [4.78, 5) is 8.61. The van der Waals surface area contributed by atoms with Crippen molar-refractivity contribution in [3.63, 3.8) is 0 Å². The van der Waals surface area contributed by atoms with Gasteiger partial charge in [-0.05, 0) is 18.6 Å². The van der Waals surface area contributed by atoms with Gasteiger partial charge in [0, 0.05) is 13.1 Å². The van der Waals surface area contributed by atoms with Gasteiger partial charge < -0.3 is 15.4 Å². The molecule has 2 rings (SSSR count). The molecule has 2 aromatic rings. The van der Waals surface area contributed by atoms with Crippen molar-refractivity contribution < 1.29 is 4.74 Å². The summed E-state index contributed by atoms with van der Waals surface area (Å²) >= 11 is 0. The quantitative estimate of drug-likeness (QED) is 0.438. The third-order valence-corrected chi connectivity index (χ3v) is 3.30. The molecule has 0 radical (unpaired) electrons. The van der Waals surface area contributed by atoms with Crippen molar-refractivity contribution in [3.8, 4) is 5.88 Å². The fourth-order valence-corrected chi connectivity index (χ4v) is 2.07. The largest absolute Gasteiger partial charge is 0.481 e. The molecule has 23 heavy (non-hydrogen) atoms. The standard InChI is InChI=1S/C17H22N4O.HI/c1-13(14-8-5-4-6-9-14)20-17(18-2)19-12-15-10-7-11-16(21-15)22-3;/h4-11,13H,12H2,1-3H3,(H2,18,19,20);1H. The van der Waals surface area contributed by atoms with Crippen LogP contribution < -0.4 is 15.4 Å². The zero-order valence-corrected chi connectivity index (χ0v) is 15.9. The molecule has 1 heterocycles. The van der Waals surface area contributed by atoms with Crippen LogP contribution in [0.25, 0.3) is 0 Å². The molecule has 0 aliphatic carbocycles. The number of halogens is 1. The first kappa shape index (κ1) is 19.2. The van der Waals surface area contributed by atoms with E-state index in [1.54, 1.807) is 14.2 Å². The normalized spacial score (nSPS) is 12.0. The maximum Gasteiger partial charge on any atom is 0.213 e. The highest BCUT2D eigenvalue weighted by Gasteiger charge is 2.07. The van der Waals surface area contributed by atoms with Crippen LogP contribution >= 0.6 is 24.0 Å². The molecular formula is C17H23IN4O. The molecule has 0 aliphatic heterocycles. The van der Waals surface area contributed by atoms with Crippen molar-refractivity contribution in [1.82, 2.24) is 15.6 Å². The monoisotopic (exact) mass is 426 g/mol. The Bertz CT molecular complexity index is 619. The number of methoxy groups -OCH3 is 1. The highest BCUT2D eigenvalue weighted by atomic mass is 127. The smallest absolute Gasteiger partial charge is 0.213 e. The van der Waals surface area contributed by atoms with Crippen molar-refractivity contribution in [1.29, 1.82) is 0 Å². The maximum atomic E-state index is 5.13. The van der Waals surface area contributed by atoms with Crippen LogP contribution in [-0.4, -0.2) is 25.1 Å². The van der Waals surface area contributed by atoms with E-state index in [0.29, 0.717) is 12.4 Å². The number of benzene rings is 1. The number of aliphatic imine (C=N–C) groups is 1. The minimum absolute atomic E-state index is 0. The molecule has 0 fully saturated rings. The number of ether oxygens (including phenoxy) is 1. The lowest BCUT2D eigenvalue weighted by molar-refractivity contribution is 0.396. The molecule has 2 N–H and O–H groups in total. The maximum absolute atomic E-state index is 5.13. The van der Waals surface area contributed by atoms with Crippen molar-refractivity contribution in [2.45, 2.75) is 19.5 Å². The first-order chi connectivity index (χ1) is 10.7. The summed E-state index contributed by atoms with van der Waals surface area (Å²) in [6.07, 6.45) is 0. The fourth-order valence-electron chi connectivity index (χ4n) is 2.07. The lowest BCUT2D eigenvalue weighted by Gasteiger charge is -2.18. The molecular weight excluding hydrogens is 403 g/mol. The lowest BCUT2D eigenvalue weighted by atomic mass is 10.1. The van der Waals surface area contributed by atoms with Gasteiger partial charge in [-0.1, -0.05) is 36.4 Å². The van der Waals surface area contributed by atoms with Crippen LogP contribution in [0.15, 0.2) is 53.5 Å². The number of hydrogen-bond donors (Lipinski definition) is 2. The second-order valence-corrected chi connectivity index (χ2v) is 4.87. The third kappa shape index (κ3) is 6.05. The molecule has 1 aromatic carbocycles. The highest BCUT2D eigenvalue weighted by Crippen LogP contribution is 2.11. The van der Waals surface area contributed by atoms with Crippen LogP contribution in [0.2, 0.25) is 0 Å². The first-order valence-corrected chi connectivity index (χ1v) is 7.25. The Labute approximate surface area is 154 Å². The SMILES string of the molecule is CN=C(NCc1cccc(OC)n1)NC(C)c1ccccc1.I. The van der Waals surface area contributed by atoms with E-state index in [2.05, 4.69) is 39.7 Å². The van der Waals surface area contributed by atoms with Gasteiger partial charge in [-0.15, -0.1) is 24.0 Å². The van der Waals surface area contributed by atoms with Gasteiger partial charge in [0.15, 0.2) is 5.96 Å². The minimum atomic E-state index is 0. The Morgan fingerprint density at radius 1 is 1.17 bits per heavy atom. The predicted octanol–water partition coefficient (Wildman–Crippen LogP) is 3.13. The summed E-state index contributed by atoms with van der Waals surface area (Å²) in [5, 5.41) is 6.62. The van der Waals surface area contributed by atoms with Crippen molar-refractivity contribution in [2.24, 2.45) is 4.99 Å². The first-order valence-electron chi connectivity index (χ1n) is 7.25. The van der Waals surface area contributed by atoms with E-state index in [0.717, 1.165) is 11.7 Å². The lowest BCUT2D eigenvalue weighted by Crippen LogP contribution is -2.38. The van der Waals surface area contributed by atoms with E-state index < -0.39 is 0 Å². The number of rotatable bonds is 5. The number of nitrogens with zero attached hydrogens (tertiary/aromatic N) is 2. The molecule has 1 aromatic heterocycles. The van der Waals surface area contributed by atoms with Gasteiger partial charge >= 0.3 is 0 Å². The number of nitrogens with one attached hydrogen (secondary N) is 2. The average Bonchev–Trinajstić information content (AvgIpc) is 2.59. The molecule has 1 atom stereocenters. The van der Waals surface area contributed by atoms with Gasteiger partial charge in [0.2, 0.25) is 5.88 Å². The second kappa shape index (κ2) is 10.0. The Kier molecular flexibility index (Phi) is 8.39. The average molecular weight is 426 g/mol. The van der Waals surface area contributed by atoms with Gasteiger partial charge in [-0.3, -0.25) is 4.99 Å². The number of pyridine rings is 1. The van der Waals surface area contributed by atoms with Gasteiger partial charge in [-0.2, -0.15) is 0 Å². The summed E-state index contributed by atoms with van der Waals surface area (Å²) in [6.45, 7) is 2.68. The molecule has 0 aliphatic rings. The Hall–Kier alpha value is -1.83. The molecule has 124 valence electrons. The summed E-state index contributed by atoms with van der Waals surface area (Å²) < 4.78 is 5.13. The Balaban J connectivity index is 0.00000264. The van der Waals surface area contributed by atoms with Gasteiger partial charge in [0.05, 0.1) is 25.4 Å². The van der Waals surface area contributed by atoms with E-state index in [9.17, 15) is 0 Å². The predicted molar refractivity (Wildman–Crippen MR) is 104 cm³/mol. The van der Waals surface area contributed by atoms with E-state index >= 15 is 0 Å². The van der Waals surface area contributed by atoms with Gasteiger partial charge in [0.1, 0.15) is 0 Å². The van der Waals surface area contributed by atoms with E-state index in [4.69, 9.17) is 4.74 Å². The molecule has 0 spiro atoms. The molecule has 0 saturated carbocycles. The summed E-state index contributed by atoms with van der Waals surface area (Å²) in [5.41, 5.74) is 2.11. The zero-order chi connectivity index (χ0) is 15.8. The van der Waals surface area contributed by atoms with Crippen molar-refractivity contribution in [2.75, 3.05) is 14.2 Å². The minimum Gasteiger partial charge on any atom is -0.481 e. The molecule has 1 unspecified atom stereocenters. The van der Waals surface area contributed by atoms with Crippen LogP contribution in [0.4, 0.5) is 0 Å². The third-order valence-electron chi connectivity index (χ3n) is 3.30. The Morgan fingerprint density at radius 2 is 1.91 bits per heavy atom. The van der Waals surface area contributed by atoms with Crippen LogP contribution in [-0.2, 0) is 6.54 Å². The highest BCUT2D eigenvalue weighted by molar-refractivity contribution is 14.0. The number of aromatic nitrogens is 1. The van der Waals surface area contributed by atoms with Crippen LogP contribution in [0, 0.1) is 0 Å². The number of guanidine groups is 1. The Morgan fingerprint density at radius 3 is 2.57 bits per heavy atom. The van der Waals surface area contributed by atoms with E-state index in [1.165, 1.54) is 5.56 Å². The van der Waals surface area contributed by atoms with E-state index in [1.807, 2.05) is 36.4 Å². The summed E-state index contributed by atoms with van der Waals surface area (Å²) in [6, 6.07) is 16.1. The van der Waals surface area contributed by atoms with Crippen LogP contribution in [0.3, 0.4) is 0 Å². The topological polar surface area (TPSA) is 58.5 Å². The summed E-state index contributed by atoms with van der Waals surface area (Å²) in [7, 11) is 3.37. The molecule has 5 nitrogen and oxygen atoms in total. The molecule has 0 saturated heterocycles. The molecule has 0 amide bonds. The van der Waals surface area contributed by atoms with Gasteiger partial charge in [0.25, 0.3) is 0 Å². The fraction of sp³-hybridized carbons (Fsp3) is 0.294. The van der Waals surface area contributed by atoms with Crippen LogP contribution in [0.5, 0.6) is 5.88 Å². The zero-order valence-electron chi connectivity index (χ0n) is 13.6. The molecule has 6 heteroatoms. The van der Waals surface area contributed by atoms with Crippen molar-refractivity contribution >= 4 is 29.9 Å². The van der Waals surface area contributed by atoms with E-state index in [-0.39, 0.29) is 30.0 Å². The van der Waals surface area contributed by atoms with Crippen LogP contribution in [0.1, 0.15) is 24.2 Å². The second-order valence-electron chi connectivity index (χ2n) is 4.87. The number of hydrogen-bond acceptors (Lipinski definition) is 3.